The van der Waals surface area contributed by atoms with Crippen molar-refractivity contribution in [2.45, 2.75) is 4.90 Å². The molecular weight excluding hydrogens is 258 g/mol. The highest BCUT2D eigenvalue weighted by Crippen LogP contribution is 2.20. The zero-order valence-electron chi connectivity index (χ0n) is 9.53. The molecule has 0 fully saturated rings. The number of rotatable bonds is 6. The number of amides is 1. The predicted molar refractivity (Wildman–Crippen MR) is 71.7 cm³/mol. The Morgan fingerprint density at radius 3 is 2.65 bits per heavy atom. The van der Waals surface area contributed by atoms with E-state index in [1.165, 1.54) is 11.8 Å². The summed E-state index contributed by atoms with van der Waals surface area (Å²) in [5, 5.41) is 3.08. The highest BCUT2D eigenvalue weighted by atomic mass is 35.5. The van der Waals surface area contributed by atoms with Gasteiger partial charge in [0.25, 0.3) is 0 Å². The molecule has 0 heterocycles. The highest BCUT2D eigenvalue weighted by Gasteiger charge is 2.02. The molecule has 1 N–H and O–H groups in total. The molecule has 17 heavy (non-hydrogen) atoms. The minimum atomic E-state index is -0.0624. The van der Waals surface area contributed by atoms with Crippen LogP contribution in [-0.4, -0.2) is 25.3 Å². The largest absolute Gasteiger partial charge is 0.497 e. The van der Waals surface area contributed by atoms with Gasteiger partial charge in [0, 0.05) is 9.93 Å². The number of nitrogens with one attached hydrogen (secondary N) is 1. The number of methoxy groups -OCH3 is 1. The molecule has 0 saturated heterocycles. The normalized spacial score (nSPS) is 9.76. The summed E-state index contributed by atoms with van der Waals surface area (Å²) in [6.07, 6.45) is 0. The second-order valence-electron chi connectivity index (χ2n) is 3.26. The van der Waals surface area contributed by atoms with Crippen LogP contribution in [0.1, 0.15) is 0 Å². The van der Waals surface area contributed by atoms with Gasteiger partial charge in [0.1, 0.15) is 5.75 Å². The van der Waals surface area contributed by atoms with Crippen LogP contribution in [0.2, 0.25) is 0 Å². The molecule has 0 aliphatic rings. The zero-order chi connectivity index (χ0) is 12.7. The zero-order valence-corrected chi connectivity index (χ0v) is 11.1. The molecule has 1 aromatic rings. The number of hydrogen-bond acceptors (Lipinski definition) is 3. The van der Waals surface area contributed by atoms with Crippen LogP contribution in [0.15, 0.2) is 40.8 Å². The summed E-state index contributed by atoms with van der Waals surface area (Å²) >= 11 is 7.00. The predicted octanol–water partition coefficient (Wildman–Crippen LogP) is 2.66. The standard InChI is InChI=1S/C12H14ClNO2S/c1-9(13)7-14-12(15)8-17-11-5-3-10(16-2)4-6-11/h3-6H,1,7-8H2,2H3,(H,14,15). The SMILES string of the molecule is C=C(Cl)CNC(=O)CSc1ccc(OC)cc1. The maximum atomic E-state index is 11.4. The third-order valence-corrected chi connectivity index (χ3v) is 3.05. The number of thioether (sulfide) groups is 1. The van der Waals surface area contributed by atoms with Gasteiger partial charge in [-0.2, -0.15) is 0 Å². The van der Waals surface area contributed by atoms with Crippen LogP contribution in [-0.2, 0) is 4.79 Å². The molecule has 92 valence electrons. The van der Waals surface area contributed by atoms with Gasteiger partial charge in [-0.1, -0.05) is 18.2 Å². The minimum Gasteiger partial charge on any atom is -0.497 e. The molecule has 0 saturated carbocycles. The van der Waals surface area contributed by atoms with E-state index in [1.54, 1.807) is 7.11 Å². The Bertz CT molecular complexity index is 392. The molecule has 0 aromatic heterocycles. The van der Waals surface area contributed by atoms with E-state index in [2.05, 4.69) is 11.9 Å². The van der Waals surface area contributed by atoms with E-state index in [1.807, 2.05) is 24.3 Å². The quantitative estimate of drug-likeness (QED) is 0.809. The van der Waals surface area contributed by atoms with Crippen molar-refractivity contribution < 1.29 is 9.53 Å². The fourth-order valence-corrected chi connectivity index (χ4v) is 1.86. The average molecular weight is 272 g/mol. The van der Waals surface area contributed by atoms with Gasteiger partial charge < -0.3 is 10.1 Å². The Balaban J connectivity index is 2.34. The number of hydrogen-bond donors (Lipinski definition) is 1. The molecular formula is C12H14ClNO2S. The van der Waals surface area contributed by atoms with Crippen LogP contribution >= 0.6 is 23.4 Å². The lowest BCUT2D eigenvalue weighted by atomic mass is 10.3. The van der Waals surface area contributed by atoms with E-state index in [9.17, 15) is 4.79 Å². The summed E-state index contributed by atoms with van der Waals surface area (Å²) in [5.41, 5.74) is 0. The van der Waals surface area contributed by atoms with E-state index in [0.717, 1.165) is 10.6 Å². The van der Waals surface area contributed by atoms with Gasteiger partial charge in [-0.15, -0.1) is 11.8 Å². The molecule has 0 spiro atoms. The van der Waals surface area contributed by atoms with E-state index in [-0.39, 0.29) is 5.91 Å². The second kappa shape index (κ2) is 7.25. The van der Waals surface area contributed by atoms with E-state index < -0.39 is 0 Å². The minimum absolute atomic E-state index is 0.0624. The van der Waals surface area contributed by atoms with Gasteiger partial charge in [-0.25, -0.2) is 0 Å². The number of carbonyl (C=O) groups excluding carboxylic acids is 1. The number of carbonyl (C=O) groups is 1. The van der Waals surface area contributed by atoms with Crippen molar-refractivity contribution in [2.75, 3.05) is 19.4 Å². The Hall–Kier alpha value is -1.13. The van der Waals surface area contributed by atoms with Crippen molar-refractivity contribution in [3.63, 3.8) is 0 Å². The second-order valence-corrected chi connectivity index (χ2v) is 4.84. The Kier molecular flexibility index (Phi) is 5.94. The smallest absolute Gasteiger partial charge is 0.230 e. The first kappa shape index (κ1) is 13.9. The Morgan fingerprint density at radius 2 is 2.12 bits per heavy atom. The summed E-state index contributed by atoms with van der Waals surface area (Å²) in [5.74, 6) is 1.10. The number of halogens is 1. The van der Waals surface area contributed by atoms with Gasteiger partial charge in [0.15, 0.2) is 0 Å². The van der Waals surface area contributed by atoms with Crippen LogP contribution in [0.3, 0.4) is 0 Å². The summed E-state index contributed by atoms with van der Waals surface area (Å²) in [6, 6.07) is 7.55. The molecule has 0 bridgehead atoms. The van der Waals surface area contributed by atoms with E-state index >= 15 is 0 Å². The van der Waals surface area contributed by atoms with Gasteiger partial charge in [-0.3, -0.25) is 4.79 Å². The lowest BCUT2D eigenvalue weighted by Crippen LogP contribution is -2.26. The van der Waals surface area contributed by atoms with Crippen molar-refractivity contribution in [1.29, 1.82) is 0 Å². The first-order chi connectivity index (χ1) is 8.11. The van der Waals surface area contributed by atoms with Crippen LogP contribution in [0.4, 0.5) is 0 Å². The Labute approximate surface area is 110 Å². The van der Waals surface area contributed by atoms with Crippen molar-refractivity contribution in [3.8, 4) is 5.75 Å². The van der Waals surface area contributed by atoms with Crippen LogP contribution in [0.25, 0.3) is 0 Å². The van der Waals surface area contributed by atoms with Crippen molar-refractivity contribution in [2.24, 2.45) is 0 Å². The lowest BCUT2D eigenvalue weighted by molar-refractivity contribution is -0.118. The maximum absolute atomic E-state index is 11.4. The number of ether oxygens (including phenoxy) is 1. The summed E-state index contributed by atoms with van der Waals surface area (Å²) in [4.78, 5) is 12.4. The van der Waals surface area contributed by atoms with Gasteiger partial charge >= 0.3 is 0 Å². The molecule has 5 heteroatoms. The van der Waals surface area contributed by atoms with Crippen LogP contribution < -0.4 is 10.1 Å². The van der Waals surface area contributed by atoms with E-state index in [0.29, 0.717) is 17.3 Å². The fourth-order valence-electron chi connectivity index (χ4n) is 1.07. The molecule has 1 amide bonds. The lowest BCUT2D eigenvalue weighted by Gasteiger charge is -2.04. The maximum Gasteiger partial charge on any atom is 0.230 e. The molecule has 0 aliphatic carbocycles. The summed E-state index contributed by atoms with van der Waals surface area (Å²) in [7, 11) is 1.62. The molecule has 0 unspecified atom stereocenters. The molecule has 1 aromatic carbocycles. The first-order valence-electron chi connectivity index (χ1n) is 4.98. The first-order valence-corrected chi connectivity index (χ1v) is 6.35. The highest BCUT2D eigenvalue weighted by molar-refractivity contribution is 8.00. The van der Waals surface area contributed by atoms with Gasteiger partial charge in [-0.05, 0) is 24.3 Å². The van der Waals surface area contributed by atoms with Crippen molar-refractivity contribution >= 4 is 29.3 Å². The monoisotopic (exact) mass is 271 g/mol. The molecule has 1 rings (SSSR count). The topological polar surface area (TPSA) is 38.3 Å². The molecule has 0 radical (unpaired) electrons. The fraction of sp³-hybridized carbons (Fsp3) is 0.250. The van der Waals surface area contributed by atoms with Crippen molar-refractivity contribution in [1.82, 2.24) is 5.32 Å². The molecule has 3 nitrogen and oxygen atoms in total. The molecule has 0 atom stereocenters. The van der Waals surface area contributed by atoms with Crippen LogP contribution in [0.5, 0.6) is 5.75 Å². The average Bonchev–Trinajstić information content (AvgIpc) is 2.34. The summed E-state index contributed by atoms with van der Waals surface area (Å²) < 4.78 is 5.05. The number of benzene rings is 1. The summed E-state index contributed by atoms with van der Waals surface area (Å²) in [6.45, 7) is 3.80. The van der Waals surface area contributed by atoms with Gasteiger partial charge in [0.2, 0.25) is 5.91 Å². The molecule has 0 aliphatic heterocycles. The van der Waals surface area contributed by atoms with Crippen molar-refractivity contribution in [3.05, 3.63) is 35.9 Å². The Morgan fingerprint density at radius 1 is 1.47 bits per heavy atom. The van der Waals surface area contributed by atoms with Gasteiger partial charge in [0.05, 0.1) is 19.4 Å². The third-order valence-electron chi connectivity index (χ3n) is 1.91. The van der Waals surface area contributed by atoms with Crippen LogP contribution in [0, 0.1) is 0 Å². The third kappa shape index (κ3) is 5.65. The van der Waals surface area contributed by atoms with E-state index in [4.69, 9.17) is 16.3 Å².